The van der Waals surface area contributed by atoms with Crippen LogP contribution in [0.15, 0.2) is 71.1 Å². The van der Waals surface area contributed by atoms with Crippen LogP contribution >= 0.6 is 34.5 Å². The summed E-state index contributed by atoms with van der Waals surface area (Å²) in [6.07, 6.45) is -3.16. The number of nitrogens with zero attached hydrogens (tertiary/aromatic N) is 5. The summed E-state index contributed by atoms with van der Waals surface area (Å²) in [4.78, 5) is 18.8. The topological polar surface area (TPSA) is 75.4 Å². The SMILES string of the molecule is O=C(N/N=C/c1ccc(N(CCCl)CCCl)cc1)c1csc(-n2nc(C(F)(F)F)cc2-c2ccccc2)n1. The normalized spacial score (nSPS) is 11.7. The first-order chi connectivity index (χ1) is 18.3. The number of halogens is 5. The Labute approximate surface area is 230 Å². The molecule has 0 aliphatic rings. The zero-order valence-corrected chi connectivity index (χ0v) is 22.0. The zero-order chi connectivity index (χ0) is 27.1. The molecular formula is C25H21Cl2F3N6OS. The quantitative estimate of drug-likeness (QED) is 0.140. The molecule has 0 saturated carbocycles. The molecule has 2 aromatic carbocycles. The number of rotatable bonds is 10. The van der Waals surface area contributed by atoms with Crippen molar-refractivity contribution in [2.75, 3.05) is 29.7 Å². The lowest BCUT2D eigenvalue weighted by Crippen LogP contribution is -2.27. The number of carbonyl (C=O) groups excluding carboxylic acids is 1. The first-order valence-electron chi connectivity index (χ1n) is 11.3. The summed E-state index contributed by atoms with van der Waals surface area (Å²) in [6, 6.07) is 16.9. The first kappa shape index (κ1) is 27.6. The van der Waals surface area contributed by atoms with E-state index in [1.165, 1.54) is 11.6 Å². The van der Waals surface area contributed by atoms with Gasteiger partial charge in [0.05, 0.1) is 11.9 Å². The molecule has 2 heterocycles. The van der Waals surface area contributed by atoms with E-state index in [-0.39, 0.29) is 16.5 Å². The summed E-state index contributed by atoms with van der Waals surface area (Å²) in [5.74, 6) is 0.337. The molecule has 13 heteroatoms. The molecule has 0 radical (unpaired) electrons. The highest BCUT2D eigenvalue weighted by molar-refractivity contribution is 7.12. The minimum Gasteiger partial charge on any atom is -0.369 e. The third kappa shape index (κ3) is 6.72. The monoisotopic (exact) mass is 580 g/mol. The van der Waals surface area contributed by atoms with Gasteiger partial charge in [-0.25, -0.2) is 15.1 Å². The number of anilines is 1. The number of carbonyl (C=O) groups is 1. The Balaban J connectivity index is 1.47. The molecule has 1 N–H and O–H groups in total. The van der Waals surface area contributed by atoms with Crippen molar-refractivity contribution in [1.82, 2.24) is 20.2 Å². The molecule has 1 amide bonds. The number of benzene rings is 2. The molecule has 0 saturated heterocycles. The van der Waals surface area contributed by atoms with E-state index >= 15 is 0 Å². The van der Waals surface area contributed by atoms with Gasteiger partial charge in [0, 0.05) is 41.5 Å². The summed E-state index contributed by atoms with van der Waals surface area (Å²) in [7, 11) is 0. The highest BCUT2D eigenvalue weighted by Gasteiger charge is 2.35. The largest absolute Gasteiger partial charge is 0.435 e. The molecule has 4 rings (SSSR count). The van der Waals surface area contributed by atoms with Gasteiger partial charge in [0.25, 0.3) is 5.91 Å². The van der Waals surface area contributed by atoms with Crippen LogP contribution in [0.1, 0.15) is 21.7 Å². The van der Waals surface area contributed by atoms with Crippen molar-refractivity contribution in [3.8, 4) is 16.4 Å². The summed E-state index contributed by atoms with van der Waals surface area (Å²) >= 11 is 12.7. The lowest BCUT2D eigenvalue weighted by atomic mass is 10.1. The van der Waals surface area contributed by atoms with Crippen LogP contribution in [0.3, 0.4) is 0 Å². The van der Waals surface area contributed by atoms with Gasteiger partial charge in [0.1, 0.15) is 5.69 Å². The number of aromatic nitrogens is 3. The Kier molecular flexibility index (Phi) is 9.03. The standard InChI is InChI=1S/C25H21Cl2F3N6OS/c26-10-12-35(13-11-27)19-8-6-17(7-9-19)15-31-33-23(37)20-16-38-24(32-20)36-21(18-4-2-1-3-5-18)14-22(34-36)25(28,29)30/h1-9,14-16H,10-13H2,(H,33,37)/b31-15+. The van der Waals surface area contributed by atoms with Gasteiger partial charge >= 0.3 is 6.18 Å². The van der Waals surface area contributed by atoms with E-state index in [2.05, 4.69) is 25.5 Å². The van der Waals surface area contributed by atoms with Gasteiger partial charge in [-0.05, 0) is 23.8 Å². The van der Waals surface area contributed by atoms with Crippen molar-refractivity contribution in [2.24, 2.45) is 5.10 Å². The van der Waals surface area contributed by atoms with Crippen molar-refractivity contribution < 1.29 is 18.0 Å². The Morgan fingerprint density at radius 1 is 1.08 bits per heavy atom. The third-order valence-electron chi connectivity index (χ3n) is 5.32. The fourth-order valence-corrected chi connectivity index (χ4v) is 4.69. The smallest absolute Gasteiger partial charge is 0.369 e. The second-order valence-electron chi connectivity index (χ2n) is 7.86. The maximum atomic E-state index is 13.4. The van der Waals surface area contributed by atoms with E-state index in [1.807, 2.05) is 24.3 Å². The van der Waals surface area contributed by atoms with E-state index in [0.717, 1.165) is 33.3 Å². The van der Waals surface area contributed by atoms with Gasteiger partial charge < -0.3 is 4.90 Å². The predicted molar refractivity (Wildman–Crippen MR) is 145 cm³/mol. The van der Waals surface area contributed by atoms with E-state index in [1.54, 1.807) is 30.3 Å². The molecule has 38 heavy (non-hydrogen) atoms. The zero-order valence-electron chi connectivity index (χ0n) is 19.7. The number of nitrogens with one attached hydrogen (secondary N) is 1. The fraction of sp³-hybridized carbons (Fsp3) is 0.200. The van der Waals surface area contributed by atoms with Crippen LogP contribution in [0.25, 0.3) is 16.4 Å². The van der Waals surface area contributed by atoms with Crippen molar-refractivity contribution in [3.05, 3.63) is 83.0 Å². The van der Waals surface area contributed by atoms with Gasteiger partial charge in [-0.15, -0.1) is 34.5 Å². The van der Waals surface area contributed by atoms with Crippen LogP contribution < -0.4 is 10.3 Å². The van der Waals surface area contributed by atoms with Crippen molar-refractivity contribution >= 4 is 52.3 Å². The molecule has 0 bridgehead atoms. The second kappa shape index (κ2) is 12.4. The number of hydrogen-bond donors (Lipinski definition) is 1. The Morgan fingerprint density at radius 3 is 2.39 bits per heavy atom. The number of alkyl halides is 5. The highest BCUT2D eigenvalue weighted by atomic mass is 35.5. The molecule has 2 aromatic heterocycles. The van der Waals surface area contributed by atoms with E-state index in [9.17, 15) is 18.0 Å². The van der Waals surface area contributed by atoms with Gasteiger partial charge in [-0.3, -0.25) is 4.79 Å². The molecule has 0 aliphatic heterocycles. The van der Waals surface area contributed by atoms with Crippen LogP contribution in [0.2, 0.25) is 0 Å². The number of thiazole rings is 1. The molecule has 0 fully saturated rings. The third-order valence-corrected chi connectivity index (χ3v) is 6.48. The van der Waals surface area contributed by atoms with E-state index in [4.69, 9.17) is 23.2 Å². The summed E-state index contributed by atoms with van der Waals surface area (Å²) in [6.45, 7) is 1.33. The van der Waals surface area contributed by atoms with Gasteiger partial charge in [-0.2, -0.15) is 23.4 Å². The van der Waals surface area contributed by atoms with Crippen LogP contribution in [0.4, 0.5) is 18.9 Å². The molecule has 0 unspecified atom stereocenters. The minimum absolute atomic E-state index is 0.00152. The van der Waals surface area contributed by atoms with Crippen LogP contribution in [0, 0.1) is 0 Å². The molecule has 7 nitrogen and oxygen atoms in total. The summed E-state index contributed by atoms with van der Waals surface area (Å²) in [5.41, 5.74) is 3.77. The minimum atomic E-state index is -4.63. The van der Waals surface area contributed by atoms with Crippen molar-refractivity contribution in [3.63, 3.8) is 0 Å². The number of amides is 1. The fourth-order valence-electron chi connectivity index (χ4n) is 3.51. The van der Waals surface area contributed by atoms with Gasteiger partial charge in [0.15, 0.2) is 5.69 Å². The van der Waals surface area contributed by atoms with Crippen LogP contribution in [-0.2, 0) is 6.18 Å². The number of hydrogen-bond acceptors (Lipinski definition) is 6. The van der Waals surface area contributed by atoms with E-state index < -0.39 is 17.8 Å². The Hall–Kier alpha value is -3.41. The molecule has 0 spiro atoms. The predicted octanol–water partition coefficient (Wildman–Crippen LogP) is 6.06. The number of hydrazone groups is 1. The Bertz CT molecular complexity index is 1380. The first-order valence-corrected chi connectivity index (χ1v) is 13.2. The van der Waals surface area contributed by atoms with Crippen LogP contribution in [0.5, 0.6) is 0 Å². The second-order valence-corrected chi connectivity index (χ2v) is 9.45. The van der Waals surface area contributed by atoms with Gasteiger partial charge in [-0.1, -0.05) is 42.5 Å². The van der Waals surface area contributed by atoms with E-state index in [0.29, 0.717) is 30.4 Å². The average Bonchev–Trinajstić information content (AvgIpc) is 3.57. The summed E-state index contributed by atoms with van der Waals surface area (Å²) < 4.78 is 41.2. The molecular weight excluding hydrogens is 560 g/mol. The lowest BCUT2D eigenvalue weighted by molar-refractivity contribution is -0.141. The molecule has 0 aliphatic carbocycles. The average molecular weight is 581 g/mol. The van der Waals surface area contributed by atoms with Crippen molar-refractivity contribution in [2.45, 2.75) is 6.18 Å². The molecule has 4 aromatic rings. The van der Waals surface area contributed by atoms with Crippen LogP contribution in [-0.4, -0.2) is 51.7 Å². The lowest BCUT2D eigenvalue weighted by Gasteiger charge is -2.22. The van der Waals surface area contributed by atoms with Gasteiger partial charge in [0.2, 0.25) is 5.13 Å². The molecule has 198 valence electrons. The summed E-state index contributed by atoms with van der Waals surface area (Å²) in [5, 5.41) is 9.21. The molecule has 0 atom stereocenters. The Morgan fingerprint density at radius 2 is 1.76 bits per heavy atom. The maximum absolute atomic E-state index is 13.4. The maximum Gasteiger partial charge on any atom is 0.435 e. The highest BCUT2D eigenvalue weighted by Crippen LogP contribution is 2.33. The van der Waals surface area contributed by atoms with Crippen molar-refractivity contribution in [1.29, 1.82) is 0 Å².